The third-order valence-electron chi connectivity index (χ3n) is 3.69. The van der Waals surface area contributed by atoms with Gasteiger partial charge in [-0.2, -0.15) is 0 Å². The molecule has 0 aliphatic carbocycles. The van der Waals surface area contributed by atoms with E-state index in [1.54, 1.807) is 24.3 Å². The van der Waals surface area contributed by atoms with Crippen molar-refractivity contribution in [2.45, 2.75) is 16.2 Å². The smallest absolute Gasteiger partial charge is 0.234 e. The Hall–Kier alpha value is -1.84. The average Bonchev–Trinajstić information content (AvgIpc) is 2.61. The summed E-state index contributed by atoms with van der Waals surface area (Å²) in [4.78, 5) is 24.4. The van der Waals surface area contributed by atoms with Crippen molar-refractivity contribution in [2.75, 3.05) is 22.1 Å². The molecule has 1 aliphatic heterocycles. The van der Waals surface area contributed by atoms with Gasteiger partial charge in [0, 0.05) is 15.8 Å². The zero-order valence-electron chi connectivity index (χ0n) is 13.5. The summed E-state index contributed by atoms with van der Waals surface area (Å²) >= 11 is 4.68. The molecule has 0 bridgehead atoms. The summed E-state index contributed by atoms with van der Waals surface area (Å²) in [5.74, 6) is -0.551. The van der Waals surface area contributed by atoms with Gasteiger partial charge in [0.2, 0.25) is 11.8 Å². The number of nitrogens with one attached hydrogen (secondary N) is 2. The maximum absolute atomic E-state index is 12.5. The minimum atomic E-state index is -3.64. The van der Waals surface area contributed by atoms with Crippen molar-refractivity contribution in [1.82, 2.24) is 0 Å². The molecule has 136 valence electrons. The molecule has 26 heavy (non-hydrogen) atoms. The first-order chi connectivity index (χ1) is 12.3. The maximum Gasteiger partial charge on any atom is 0.234 e. The van der Waals surface area contributed by atoms with Crippen LogP contribution in [0.4, 0.5) is 11.4 Å². The normalized spacial score (nSPS) is 13.7. The molecule has 0 atom stereocenters. The topological polar surface area (TPSA) is 92.3 Å². The van der Waals surface area contributed by atoms with Crippen LogP contribution in [0.5, 0.6) is 0 Å². The van der Waals surface area contributed by atoms with Crippen LogP contribution in [0, 0.1) is 0 Å². The minimum Gasteiger partial charge on any atom is -0.325 e. The summed E-state index contributed by atoms with van der Waals surface area (Å²) in [7, 11) is -3.64. The molecule has 0 aromatic heterocycles. The van der Waals surface area contributed by atoms with E-state index < -0.39 is 9.84 Å². The molecule has 3 rings (SSSR count). The van der Waals surface area contributed by atoms with Crippen molar-refractivity contribution in [3.05, 3.63) is 46.9 Å². The molecule has 2 N–H and O–H groups in total. The van der Waals surface area contributed by atoms with Gasteiger partial charge in [-0.15, -0.1) is 11.8 Å². The number of sulfone groups is 1. The van der Waals surface area contributed by atoms with E-state index in [4.69, 9.17) is 0 Å². The Bertz CT molecular complexity index is 976. The summed E-state index contributed by atoms with van der Waals surface area (Å²) in [6.07, 6.45) is -0.165. The first-order valence-corrected chi connectivity index (χ1v) is 11.1. The van der Waals surface area contributed by atoms with E-state index in [2.05, 4.69) is 26.6 Å². The van der Waals surface area contributed by atoms with Crippen LogP contribution in [0.1, 0.15) is 6.42 Å². The highest BCUT2D eigenvalue weighted by Gasteiger charge is 2.21. The van der Waals surface area contributed by atoms with E-state index in [9.17, 15) is 18.0 Å². The number of carbonyl (C=O) groups is 2. The lowest BCUT2D eigenvalue weighted by atomic mass is 10.3. The fraction of sp³-hybridized carbons (Fsp3) is 0.176. The van der Waals surface area contributed by atoms with Gasteiger partial charge in [-0.3, -0.25) is 9.59 Å². The largest absolute Gasteiger partial charge is 0.325 e. The van der Waals surface area contributed by atoms with Crippen LogP contribution in [0.15, 0.2) is 56.7 Å². The maximum atomic E-state index is 12.5. The van der Waals surface area contributed by atoms with Crippen molar-refractivity contribution in [3.8, 4) is 0 Å². The van der Waals surface area contributed by atoms with Gasteiger partial charge in [0.1, 0.15) is 0 Å². The highest BCUT2D eigenvalue weighted by molar-refractivity contribution is 9.10. The number of hydrogen-bond donors (Lipinski definition) is 2. The van der Waals surface area contributed by atoms with Gasteiger partial charge in [-0.1, -0.05) is 12.1 Å². The molecular formula is C17H15BrN2O4S2. The Balaban J connectivity index is 1.67. The molecule has 9 heteroatoms. The molecule has 0 saturated heterocycles. The Morgan fingerprint density at radius 3 is 2.77 bits per heavy atom. The summed E-state index contributed by atoms with van der Waals surface area (Å²) in [5.41, 5.74) is 1.08. The van der Waals surface area contributed by atoms with E-state index in [0.717, 1.165) is 9.37 Å². The first-order valence-electron chi connectivity index (χ1n) is 7.69. The molecule has 1 aliphatic rings. The standard InChI is InChI=1S/C17H15BrN2O4S2/c18-12-3-1-2-4-13(12)19-16(21)7-8-26(23,24)11-5-6-15-14(9-11)20-17(22)10-25-15/h1-6,9H,7-8,10H2,(H,19,21)(H,20,22). The zero-order valence-corrected chi connectivity index (χ0v) is 16.7. The van der Waals surface area contributed by atoms with Gasteiger partial charge in [0.25, 0.3) is 0 Å². The average molecular weight is 455 g/mol. The van der Waals surface area contributed by atoms with E-state index in [1.165, 1.54) is 23.9 Å². The predicted octanol–water partition coefficient (Wildman–Crippen LogP) is 3.30. The molecular weight excluding hydrogens is 440 g/mol. The minimum absolute atomic E-state index is 0.0905. The summed E-state index contributed by atoms with van der Waals surface area (Å²) < 4.78 is 25.8. The number of para-hydroxylation sites is 1. The fourth-order valence-corrected chi connectivity index (χ4v) is 4.81. The highest BCUT2D eigenvalue weighted by atomic mass is 79.9. The summed E-state index contributed by atoms with van der Waals surface area (Å²) in [6.45, 7) is 0. The summed E-state index contributed by atoms with van der Waals surface area (Å²) in [5, 5.41) is 5.35. The van der Waals surface area contributed by atoms with Gasteiger partial charge in [0.05, 0.1) is 27.8 Å². The van der Waals surface area contributed by atoms with Gasteiger partial charge >= 0.3 is 0 Å². The summed E-state index contributed by atoms with van der Waals surface area (Å²) in [6, 6.07) is 11.7. The number of carbonyl (C=O) groups excluding carboxylic acids is 2. The number of amides is 2. The number of fused-ring (bicyclic) bond motifs is 1. The van der Waals surface area contributed by atoms with Crippen LogP contribution < -0.4 is 10.6 Å². The van der Waals surface area contributed by atoms with Crippen molar-refractivity contribution >= 4 is 60.7 Å². The van der Waals surface area contributed by atoms with Gasteiger partial charge in [-0.05, 0) is 46.3 Å². The molecule has 2 aromatic carbocycles. The molecule has 2 aromatic rings. The van der Waals surface area contributed by atoms with Crippen molar-refractivity contribution in [2.24, 2.45) is 0 Å². The third kappa shape index (κ3) is 4.46. The van der Waals surface area contributed by atoms with E-state index in [0.29, 0.717) is 17.1 Å². The Kier molecular flexibility index (Phi) is 5.69. The molecule has 2 amide bonds. The van der Waals surface area contributed by atoms with Gasteiger partial charge in [-0.25, -0.2) is 8.42 Å². The second kappa shape index (κ2) is 7.81. The third-order valence-corrected chi connectivity index (χ3v) is 7.17. The Labute approximate surface area is 163 Å². The van der Waals surface area contributed by atoms with Crippen LogP contribution in [-0.2, 0) is 19.4 Å². The Morgan fingerprint density at radius 1 is 1.23 bits per heavy atom. The van der Waals surface area contributed by atoms with Crippen molar-refractivity contribution in [1.29, 1.82) is 0 Å². The molecule has 0 spiro atoms. The molecule has 0 saturated carbocycles. The van der Waals surface area contributed by atoms with Crippen LogP contribution in [0.3, 0.4) is 0 Å². The second-order valence-corrected chi connectivity index (χ2v) is 9.57. The monoisotopic (exact) mass is 454 g/mol. The molecule has 1 heterocycles. The first kappa shape index (κ1) is 18.9. The molecule has 6 nitrogen and oxygen atoms in total. The van der Waals surface area contributed by atoms with Gasteiger partial charge in [0.15, 0.2) is 9.84 Å². The number of thioether (sulfide) groups is 1. The lowest BCUT2D eigenvalue weighted by Crippen LogP contribution is -2.20. The predicted molar refractivity (Wildman–Crippen MR) is 105 cm³/mol. The number of halogens is 1. The van der Waals surface area contributed by atoms with E-state index >= 15 is 0 Å². The van der Waals surface area contributed by atoms with Crippen LogP contribution >= 0.6 is 27.7 Å². The second-order valence-electron chi connectivity index (χ2n) is 5.59. The quantitative estimate of drug-likeness (QED) is 0.722. The Morgan fingerprint density at radius 2 is 2.00 bits per heavy atom. The van der Waals surface area contributed by atoms with Crippen molar-refractivity contribution < 1.29 is 18.0 Å². The van der Waals surface area contributed by atoms with Crippen molar-refractivity contribution in [3.63, 3.8) is 0 Å². The SMILES string of the molecule is O=C(CCS(=O)(=O)c1ccc2c(c1)NC(=O)CS2)Nc1ccccc1Br. The highest BCUT2D eigenvalue weighted by Crippen LogP contribution is 2.33. The number of hydrogen-bond acceptors (Lipinski definition) is 5. The molecule has 0 radical (unpaired) electrons. The number of anilines is 2. The zero-order chi connectivity index (χ0) is 18.7. The van der Waals surface area contributed by atoms with Crippen LogP contribution in [0.2, 0.25) is 0 Å². The molecule has 0 fully saturated rings. The number of benzene rings is 2. The van der Waals surface area contributed by atoms with Crippen LogP contribution in [0.25, 0.3) is 0 Å². The van der Waals surface area contributed by atoms with Gasteiger partial charge < -0.3 is 10.6 Å². The molecule has 0 unspecified atom stereocenters. The lowest BCUT2D eigenvalue weighted by molar-refractivity contribution is -0.116. The fourth-order valence-electron chi connectivity index (χ4n) is 2.38. The van der Waals surface area contributed by atoms with E-state index in [1.807, 2.05) is 6.07 Å². The number of rotatable bonds is 5. The lowest BCUT2D eigenvalue weighted by Gasteiger charge is -2.17. The van der Waals surface area contributed by atoms with Crippen LogP contribution in [-0.4, -0.2) is 31.7 Å². The van der Waals surface area contributed by atoms with E-state index in [-0.39, 0.29) is 28.9 Å².